The van der Waals surface area contributed by atoms with E-state index in [4.69, 9.17) is 11.0 Å². The van der Waals surface area contributed by atoms with Crippen LogP contribution in [0.1, 0.15) is 5.82 Å². The lowest BCUT2D eigenvalue weighted by molar-refractivity contribution is 0.504. The first-order valence-electron chi connectivity index (χ1n) is 4.32. The van der Waals surface area contributed by atoms with Crippen LogP contribution in [-0.4, -0.2) is 9.55 Å². The minimum Gasteiger partial charge on any atom is -0.397 e. The fraction of sp³-hybridized carbons (Fsp3) is 0. The average molecular weight is 220 g/mol. The Kier molecular flexibility index (Phi) is 2.29. The second-order valence-electron chi connectivity index (χ2n) is 3.03. The van der Waals surface area contributed by atoms with Crippen LogP contribution in [0.3, 0.4) is 0 Å². The van der Waals surface area contributed by atoms with Crippen molar-refractivity contribution in [3.63, 3.8) is 0 Å². The summed E-state index contributed by atoms with van der Waals surface area (Å²) in [5.74, 6) is -2.19. The molecule has 1 heterocycles. The molecule has 6 heteroatoms. The zero-order chi connectivity index (χ0) is 11.7. The minimum atomic E-state index is -1.10. The van der Waals surface area contributed by atoms with E-state index in [0.717, 1.165) is 10.6 Å². The summed E-state index contributed by atoms with van der Waals surface area (Å²) in [6.45, 7) is 0. The molecule has 0 bridgehead atoms. The van der Waals surface area contributed by atoms with Crippen molar-refractivity contribution >= 4 is 5.69 Å². The summed E-state index contributed by atoms with van der Waals surface area (Å²) in [6, 6.07) is 3.91. The van der Waals surface area contributed by atoms with Gasteiger partial charge in [0.05, 0.1) is 5.69 Å². The molecule has 0 amide bonds. The fourth-order valence-electron chi connectivity index (χ4n) is 1.37. The molecule has 1 aromatic carbocycles. The Morgan fingerprint density at radius 2 is 2.12 bits per heavy atom. The highest BCUT2D eigenvalue weighted by atomic mass is 19.2. The maximum absolute atomic E-state index is 13.5. The van der Waals surface area contributed by atoms with E-state index in [1.807, 2.05) is 0 Å². The minimum absolute atomic E-state index is 0.0356. The second-order valence-corrected chi connectivity index (χ2v) is 3.03. The van der Waals surface area contributed by atoms with Crippen molar-refractivity contribution in [3.8, 4) is 11.8 Å². The van der Waals surface area contributed by atoms with E-state index in [2.05, 4.69) is 4.98 Å². The Hall–Kier alpha value is -2.42. The topological polar surface area (TPSA) is 67.6 Å². The van der Waals surface area contributed by atoms with E-state index in [9.17, 15) is 8.78 Å². The number of nitrogens with two attached hydrogens (primary N) is 1. The van der Waals surface area contributed by atoms with Gasteiger partial charge in [0.15, 0.2) is 11.6 Å². The van der Waals surface area contributed by atoms with E-state index in [1.54, 1.807) is 6.07 Å². The normalized spacial score (nSPS) is 10.1. The number of imidazole rings is 1. The first-order chi connectivity index (χ1) is 7.65. The van der Waals surface area contributed by atoms with Gasteiger partial charge >= 0.3 is 0 Å². The number of hydrogen-bond acceptors (Lipinski definition) is 3. The van der Waals surface area contributed by atoms with Crippen LogP contribution < -0.4 is 5.73 Å². The largest absolute Gasteiger partial charge is 0.397 e. The lowest BCUT2D eigenvalue weighted by Gasteiger charge is -2.08. The molecule has 2 N–H and O–H groups in total. The number of benzene rings is 1. The molecule has 4 nitrogen and oxygen atoms in total. The molecule has 0 atom stereocenters. The SMILES string of the molecule is N#Cc1nccn1-c1c(N)ccc(F)c1F. The summed E-state index contributed by atoms with van der Waals surface area (Å²) in [6.07, 6.45) is 2.65. The molecule has 0 saturated carbocycles. The third-order valence-corrected chi connectivity index (χ3v) is 2.08. The molecular weight excluding hydrogens is 214 g/mol. The van der Waals surface area contributed by atoms with Crippen LogP contribution in [0.15, 0.2) is 24.5 Å². The van der Waals surface area contributed by atoms with Gasteiger partial charge in [0, 0.05) is 12.4 Å². The summed E-state index contributed by atoms with van der Waals surface area (Å²) in [5, 5.41) is 8.73. The number of nitrogens with zero attached hydrogens (tertiary/aromatic N) is 3. The van der Waals surface area contributed by atoms with Crippen molar-refractivity contribution in [1.82, 2.24) is 9.55 Å². The van der Waals surface area contributed by atoms with Gasteiger partial charge in [-0.2, -0.15) is 5.26 Å². The number of aromatic nitrogens is 2. The van der Waals surface area contributed by atoms with Crippen LogP contribution in [-0.2, 0) is 0 Å². The molecule has 2 rings (SSSR count). The summed E-state index contributed by atoms with van der Waals surface area (Å²) in [4.78, 5) is 3.68. The second kappa shape index (κ2) is 3.62. The number of nitrogen functional groups attached to an aromatic ring is 1. The standard InChI is InChI=1S/C10H6F2N4/c11-6-1-2-7(14)10(9(6)12)16-4-3-15-8(16)5-13/h1-4H,14H2. The van der Waals surface area contributed by atoms with Gasteiger partial charge < -0.3 is 5.73 Å². The monoisotopic (exact) mass is 220 g/mol. The molecule has 16 heavy (non-hydrogen) atoms. The van der Waals surface area contributed by atoms with Gasteiger partial charge in [-0.05, 0) is 12.1 Å². The molecule has 0 fully saturated rings. The zero-order valence-corrected chi connectivity index (χ0v) is 7.98. The van der Waals surface area contributed by atoms with Crippen LogP contribution in [0.2, 0.25) is 0 Å². The Bertz CT molecular complexity index is 583. The highest BCUT2D eigenvalue weighted by molar-refractivity contribution is 5.59. The summed E-state index contributed by atoms with van der Waals surface area (Å²) >= 11 is 0. The van der Waals surface area contributed by atoms with Gasteiger partial charge in [0.1, 0.15) is 11.8 Å². The Morgan fingerprint density at radius 3 is 2.81 bits per heavy atom. The number of halogens is 2. The average Bonchev–Trinajstić information content (AvgIpc) is 2.72. The summed E-state index contributed by atoms with van der Waals surface area (Å²) < 4.78 is 27.7. The maximum atomic E-state index is 13.5. The predicted octanol–water partition coefficient (Wildman–Crippen LogP) is 1.60. The van der Waals surface area contributed by atoms with Crippen molar-refractivity contribution in [2.75, 3.05) is 5.73 Å². The lowest BCUT2D eigenvalue weighted by Crippen LogP contribution is -2.06. The van der Waals surface area contributed by atoms with Gasteiger partial charge in [-0.1, -0.05) is 0 Å². The van der Waals surface area contributed by atoms with E-state index < -0.39 is 11.6 Å². The van der Waals surface area contributed by atoms with Gasteiger partial charge in [-0.15, -0.1) is 0 Å². The van der Waals surface area contributed by atoms with Crippen LogP contribution in [0.5, 0.6) is 0 Å². The maximum Gasteiger partial charge on any atom is 0.217 e. The van der Waals surface area contributed by atoms with Crippen LogP contribution in [0.25, 0.3) is 5.69 Å². The number of rotatable bonds is 1. The van der Waals surface area contributed by atoms with Gasteiger partial charge in [-0.3, -0.25) is 4.57 Å². The molecule has 0 aliphatic carbocycles. The highest BCUT2D eigenvalue weighted by Crippen LogP contribution is 2.24. The van der Waals surface area contributed by atoms with Crippen molar-refractivity contribution in [2.24, 2.45) is 0 Å². The Morgan fingerprint density at radius 1 is 1.38 bits per heavy atom. The van der Waals surface area contributed by atoms with Gasteiger partial charge in [-0.25, -0.2) is 13.8 Å². The van der Waals surface area contributed by atoms with Crippen molar-refractivity contribution in [3.05, 3.63) is 42.0 Å². The molecule has 0 saturated heterocycles. The van der Waals surface area contributed by atoms with Gasteiger partial charge in [0.2, 0.25) is 5.82 Å². The van der Waals surface area contributed by atoms with Crippen LogP contribution in [0, 0.1) is 23.0 Å². The number of nitriles is 1. The van der Waals surface area contributed by atoms with Gasteiger partial charge in [0.25, 0.3) is 0 Å². The zero-order valence-electron chi connectivity index (χ0n) is 7.98. The number of hydrogen-bond donors (Lipinski definition) is 1. The van der Waals surface area contributed by atoms with Crippen molar-refractivity contribution < 1.29 is 8.78 Å². The Balaban J connectivity index is 2.74. The molecule has 0 radical (unpaired) electrons. The third kappa shape index (κ3) is 1.39. The fourth-order valence-corrected chi connectivity index (χ4v) is 1.37. The predicted molar refractivity (Wildman–Crippen MR) is 52.6 cm³/mol. The molecule has 1 aromatic heterocycles. The molecule has 0 aliphatic rings. The molecule has 0 unspecified atom stereocenters. The van der Waals surface area contributed by atoms with Crippen LogP contribution in [0.4, 0.5) is 14.5 Å². The third-order valence-electron chi connectivity index (χ3n) is 2.08. The lowest BCUT2D eigenvalue weighted by atomic mass is 10.2. The number of anilines is 1. The molecular formula is C10H6F2N4. The first-order valence-corrected chi connectivity index (χ1v) is 4.32. The van der Waals surface area contributed by atoms with Crippen molar-refractivity contribution in [1.29, 1.82) is 5.26 Å². The van der Waals surface area contributed by atoms with Crippen LogP contribution >= 0.6 is 0 Å². The smallest absolute Gasteiger partial charge is 0.217 e. The first kappa shape index (κ1) is 10.1. The molecule has 0 spiro atoms. The quantitative estimate of drug-likeness (QED) is 0.742. The summed E-state index contributed by atoms with van der Waals surface area (Å²) in [7, 11) is 0. The Labute approximate surface area is 89.6 Å². The molecule has 0 aliphatic heterocycles. The van der Waals surface area contributed by atoms with Crippen molar-refractivity contribution in [2.45, 2.75) is 0 Å². The highest BCUT2D eigenvalue weighted by Gasteiger charge is 2.16. The summed E-state index contributed by atoms with van der Waals surface area (Å²) in [5.41, 5.74) is 5.38. The molecule has 2 aromatic rings. The van der Waals surface area contributed by atoms with E-state index >= 15 is 0 Å². The van der Waals surface area contributed by atoms with E-state index in [-0.39, 0.29) is 17.2 Å². The molecule has 80 valence electrons. The van der Waals surface area contributed by atoms with E-state index in [1.165, 1.54) is 18.5 Å². The van der Waals surface area contributed by atoms with E-state index in [0.29, 0.717) is 0 Å².